The van der Waals surface area contributed by atoms with Gasteiger partial charge in [0, 0.05) is 6.42 Å². The van der Waals surface area contributed by atoms with Gasteiger partial charge in [0.2, 0.25) is 0 Å². The van der Waals surface area contributed by atoms with Gasteiger partial charge in [-0.15, -0.1) is 0 Å². The van der Waals surface area contributed by atoms with Crippen molar-refractivity contribution in [2.75, 3.05) is 35.4 Å². The lowest BCUT2D eigenvalue weighted by molar-refractivity contribution is -0.834. The van der Waals surface area contributed by atoms with E-state index in [0.717, 1.165) is 10.9 Å². The van der Waals surface area contributed by atoms with Gasteiger partial charge in [0.15, 0.2) is 5.70 Å². The van der Waals surface area contributed by atoms with E-state index in [1.807, 2.05) is 0 Å². The molecule has 0 aromatic heterocycles. The van der Waals surface area contributed by atoms with E-state index in [2.05, 4.69) is 28.1 Å². The quantitative estimate of drug-likeness (QED) is 0.146. The fraction of sp³-hybridized carbons (Fsp3) is 0.913. The van der Waals surface area contributed by atoms with Crippen LogP contribution in [0.15, 0.2) is 11.6 Å². The van der Waals surface area contributed by atoms with E-state index in [1.165, 1.54) is 95.6 Å². The van der Waals surface area contributed by atoms with Crippen LogP contribution in [0.5, 0.6) is 0 Å². The first-order valence-electron chi connectivity index (χ1n) is 11.1. The van der Waals surface area contributed by atoms with Crippen LogP contribution >= 0.6 is 0 Å². The summed E-state index contributed by atoms with van der Waals surface area (Å²) >= 11 is 0. The summed E-state index contributed by atoms with van der Waals surface area (Å²) in [7, 11) is 9.92. The number of hydrogen-bond acceptors (Lipinski definition) is 2. The molecule has 26 heavy (non-hydrogen) atoms. The molecule has 0 bridgehead atoms. The second-order valence-corrected chi connectivity index (χ2v) is 8.50. The summed E-state index contributed by atoms with van der Waals surface area (Å²) in [4.78, 5) is 0. The predicted molar refractivity (Wildman–Crippen MR) is 114 cm³/mol. The molecule has 0 aliphatic heterocycles. The van der Waals surface area contributed by atoms with Gasteiger partial charge in [-0.25, -0.2) is 0 Å². The van der Waals surface area contributed by atoms with E-state index in [-0.39, 0.29) is 0 Å². The molecule has 0 saturated heterocycles. The Kier molecular flexibility index (Phi) is 16.0. The minimum atomic E-state index is 0.687. The Hall–Kier alpha value is -0.700. The standard InChI is InChI=1S/C23H48NO2/c1-7-8-9-10-11-12-13-14-15-16-17-18-19-20-21-22(24(2,3)4)23(25-5)26-6/h7-21H2,1-6H3/q+1. The van der Waals surface area contributed by atoms with Crippen molar-refractivity contribution in [2.45, 2.75) is 103 Å². The molecule has 0 atom stereocenters. The first-order valence-corrected chi connectivity index (χ1v) is 11.1. The molecule has 0 heterocycles. The first kappa shape index (κ1) is 25.3. The third-order valence-electron chi connectivity index (χ3n) is 5.18. The topological polar surface area (TPSA) is 18.5 Å². The van der Waals surface area contributed by atoms with Gasteiger partial charge in [0.25, 0.3) is 0 Å². The lowest BCUT2D eigenvalue weighted by Crippen LogP contribution is -2.35. The molecule has 3 nitrogen and oxygen atoms in total. The highest BCUT2D eigenvalue weighted by atomic mass is 16.7. The second-order valence-electron chi connectivity index (χ2n) is 8.50. The lowest BCUT2D eigenvalue weighted by Gasteiger charge is -2.27. The molecule has 0 aromatic rings. The highest BCUT2D eigenvalue weighted by Gasteiger charge is 2.23. The highest BCUT2D eigenvalue weighted by molar-refractivity contribution is 4.94. The molecule has 0 saturated carbocycles. The molecule has 0 N–H and O–H groups in total. The van der Waals surface area contributed by atoms with Crippen molar-refractivity contribution in [3.63, 3.8) is 0 Å². The summed E-state index contributed by atoms with van der Waals surface area (Å²) in [5.74, 6) is 0.687. The number of nitrogens with zero attached hydrogens (tertiary/aromatic N) is 1. The largest absolute Gasteiger partial charge is 0.465 e. The molecular weight excluding hydrogens is 322 g/mol. The molecule has 0 unspecified atom stereocenters. The molecule has 0 amide bonds. The summed E-state index contributed by atoms with van der Waals surface area (Å²) in [6.07, 6.45) is 20.6. The normalized spacial score (nSPS) is 11.5. The molecule has 0 rings (SSSR count). The molecular formula is C23H48NO2+. The van der Waals surface area contributed by atoms with Gasteiger partial charge < -0.3 is 9.47 Å². The van der Waals surface area contributed by atoms with Gasteiger partial charge in [-0.2, -0.15) is 0 Å². The summed E-state index contributed by atoms with van der Waals surface area (Å²) in [5.41, 5.74) is 1.24. The zero-order chi connectivity index (χ0) is 19.7. The van der Waals surface area contributed by atoms with Crippen molar-refractivity contribution in [3.8, 4) is 0 Å². The van der Waals surface area contributed by atoms with E-state index >= 15 is 0 Å². The summed E-state index contributed by atoms with van der Waals surface area (Å²) in [6.45, 7) is 2.29. The summed E-state index contributed by atoms with van der Waals surface area (Å²) in [6, 6.07) is 0. The lowest BCUT2D eigenvalue weighted by atomic mass is 10.0. The van der Waals surface area contributed by atoms with Crippen molar-refractivity contribution in [2.24, 2.45) is 0 Å². The molecule has 0 spiro atoms. The van der Waals surface area contributed by atoms with Crippen LogP contribution in [0.2, 0.25) is 0 Å². The molecule has 0 radical (unpaired) electrons. The average Bonchev–Trinajstić information content (AvgIpc) is 2.60. The van der Waals surface area contributed by atoms with Gasteiger partial charge in [0.05, 0.1) is 35.4 Å². The number of ether oxygens (including phenoxy) is 2. The van der Waals surface area contributed by atoms with Crippen LogP contribution in [-0.4, -0.2) is 39.8 Å². The summed E-state index contributed by atoms with van der Waals surface area (Å²) < 4.78 is 11.6. The Morgan fingerprint density at radius 2 is 0.923 bits per heavy atom. The van der Waals surface area contributed by atoms with Crippen LogP contribution < -0.4 is 0 Å². The zero-order valence-corrected chi connectivity index (χ0v) is 18.9. The van der Waals surface area contributed by atoms with Crippen LogP contribution in [-0.2, 0) is 9.47 Å². The molecule has 0 aliphatic rings. The Labute approximate surface area is 164 Å². The molecule has 3 heteroatoms. The number of rotatable bonds is 18. The van der Waals surface area contributed by atoms with E-state index in [9.17, 15) is 0 Å². The van der Waals surface area contributed by atoms with Crippen LogP contribution in [0.3, 0.4) is 0 Å². The van der Waals surface area contributed by atoms with Gasteiger partial charge >= 0.3 is 5.95 Å². The third-order valence-corrected chi connectivity index (χ3v) is 5.18. The second kappa shape index (κ2) is 16.5. The maximum Gasteiger partial charge on any atom is 0.338 e. The smallest absolute Gasteiger partial charge is 0.338 e. The van der Waals surface area contributed by atoms with Crippen molar-refractivity contribution in [1.29, 1.82) is 0 Å². The third kappa shape index (κ3) is 13.5. The van der Waals surface area contributed by atoms with E-state index in [0.29, 0.717) is 5.95 Å². The highest BCUT2D eigenvalue weighted by Crippen LogP contribution is 2.22. The predicted octanol–water partition coefficient (Wildman–Crippen LogP) is 7.03. The van der Waals surface area contributed by atoms with Gasteiger partial charge in [-0.3, -0.25) is 4.48 Å². The number of unbranched alkanes of at least 4 members (excludes halogenated alkanes) is 13. The Bertz CT molecular complexity index is 339. The molecule has 0 fully saturated rings. The van der Waals surface area contributed by atoms with Gasteiger partial charge in [-0.1, -0.05) is 90.4 Å². The van der Waals surface area contributed by atoms with Crippen LogP contribution in [0.25, 0.3) is 0 Å². The number of allylic oxidation sites excluding steroid dienone is 1. The monoisotopic (exact) mass is 370 g/mol. The Morgan fingerprint density at radius 1 is 0.577 bits per heavy atom. The average molecular weight is 371 g/mol. The Balaban J connectivity index is 3.62. The van der Waals surface area contributed by atoms with E-state index < -0.39 is 0 Å². The first-order chi connectivity index (χ1) is 12.5. The fourth-order valence-electron chi connectivity index (χ4n) is 3.52. The fourth-order valence-corrected chi connectivity index (χ4v) is 3.52. The maximum absolute atomic E-state index is 5.40. The SMILES string of the molecule is CCCCCCCCCCCCCCCCC(=C(OC)OC)[N+](C)(C)C. The van der Waals surface area contributed by atoms with Crippen LogP contribution in [0.1, 0.15) is 103 Å². The van der Waals surface area contributed by atoms with Crippen LogP contribution in [0.4, 0.5) is 0 Å². The molecule has 0 aromatic carbocycles. The van der Waals surface area contributed by atoms with Crippen molar-refractivity contribution < 1.29 is 14.0 Å². The Morgan fingerprint density at radius 3 is 1.23 bits per heavy atom. The van der Waals surface area contributed by atoms with Gasteiger partial charge in [-0.05, 0) is 6.42 Å². The number of hydrogen-bond donors (Lipinski definition) is 0. The number of quaternary nitrogens is 1. The van der Waals surface area contributed by atoms with Crippen molar-refractivity contribution >= 4 is 0 Å². The minimum absolute atomic E-state index is 0.687. The van der Waals surface area contributed by atoms with Gasteiger partial charge in [0.1, 0.15) is 0 Å². The maximum atomic E-state index is 5.40. The van der Waals surface area contributed by atoms with Crippen LogP contribution in [0, 0.1) is 0 Å². The molecule has 156 valence electrons. The minimum Gasteiger partial charge on any atom is -0.465 e. The number of methoxy groups -OCH3 is 2. The van der Waals surface area contributed by atoms with Crippen molar-refractivity contribution in [3.05, 3.63) is 11.6 Å². The molecule has 0 aliphatic carbocycles. The zero-order valence-electron chi connectivity index (χ0n) is 18.9. The summed E-state index contributed by atoms with van der Waals surface area (Å²) in [5, 5.41) is 0. The van der Waals surface area contributed by atoms with Crippen molar-refractivity contribution in [1.82, 2.24) is 0 Å². The van der Waals surface area contributed by atoms with E-state index in [1.54, 1.807) is 14.2 Å². The van der Waals surface area contributed by atoms with E-state index in [4.69, 9.17) is 9.47 Å².